The van der Waals surface area contributed by atoms with Crippen LogP contribution in [0, 0.1) is 0 Å². The molecule has 1 rings (SSSR count). The Labute approximate surface area is 119 Å². The van der Waals surface area contributed by atoms with Gasteiger partial charge in [-0.3, -0.25) is 4.79 Å². The van der Waals surface area contributed by atoms with Crippen molar-refractivity contribution in [2.75, 3.05) is 13.1 Å². The minimum absolute atomic E-state index is 0.474. The van der Waals surface area contributed by atoms with E-state index in [9.17, 15) is 13.6 Å². The maximum absolute atomic E-state index is 12.9. The highest BCUT2D eigenvalue weighted by Gasteiger charge is 2.28. The molecule has 1 unspecified atom stereocenters. The number of alkyl halides is 2. The Morgan fingerprint density at radius 1 is 1.53 bits per heavy atom. The Morgan fingerprint density at radius 2 is 2.16 bits per heavy atom. The van der Waals surface area contributed by atoms with Crippen LogP contribution in [0.25, 0.3) is 0 Å². The molecule has 0 saturated heterocycles. The third-order valence-corrected chi connectivity index (χ3v) is 3.95. The first kappa shape index (κ1) is 16.2. The molecule has 0 aliphatic carbocycles. The van der Waals surface area contributed by atoms with Crippen molar-refractivity contribution in [3.8, 4) is 0 Å². The van der Waals surface area contributed by atoms with Gasteiger partial charge in [-0.05, 0) is 19.1 Å². The van der Waals surface area contributed by atoms with E-state index in [1.807, 2.05) is 0 Å². The summed E-state index contributed by atoms with van der Waals surface area (Å²) in [6.07, 6.45) is 0. The predicted octanol–water partition coefficient (Wildman–Crippen LogP) is 2.53. The highest BCUT2D eigenvalue weighted by atomic mass is 35.5. The second-order valence-electron chi connectivity index (χ2n) is 3.97. The molecule has 0 aliphatic heterocycles. The summed E-state index contributed by atoms with van der Waals surface area (Å²) in [5.74, 6) is -3.55. The van der Waals surface area contributed by atoms with Crippen molar-refractivity contribution >= 4 is 29.3 Å². The van der Waals surface area contributed by atoms with Crippen LogP contribution in [-0.2, 0) is 4.79 Å². The molecular weight excluding hydrogens is 294 g/mol. The van der Waals surface area contributed by atoms with E-state index >= 15 is 0 Å². The van der Waals surface area contributed by atoms with Gasteiger partial charge in [0.1, 0.15) is 0 Å². The molecule has 1 atom stereocenters. The smallest absolute Gasteiger partial charge is 0.277 e. The van der Waals surface area contributed by atoms with Crippen molar-refractivity contribution in [3.63, 3.8) is 0 Å². The van der Waals surface area contributed by atoms with E-state index in [0.717, 1.165) is 4.90 Å². The molecule has 7 heteroatoms. The van der Waals surface area contributed by atoms with Gasteiger partial charge in [-0.1, -0.05) is 23.7 Å². The quantitative estimate of drug-likeness (QED) is 0.794. The first-order chi connectivity index (χ1) is 8.85. The van der Waals surface area contributed by atoms with Crippen LogP contribution in [0.3, 0.4) is 0 Å². The van der Waals surface area contributed by atoms with E-state index in [0.29, 0.717) is 5.02 Å². The minimum atomic E-state index is -3.08. The molecule has 0 radical (unpaired) electrons. The molecule has 0 saturated carbocycles. The number of benzene rings is 1. The summed E-state index contributed by atoms with van der Waals surface area (Å²) >= 11 is 7.17. The summed E-state index contributed by atoms with van der Waals surface area (Å²) in [6, 6.07) is 7.04. The van der Waals surface area contributed by atoms with Crippen LogP contribution < -0.4 is 11.1 Å². The highest BCUT2D eigenvalue weighted by Crippen LogP contribution is 2.30. The molecule has 19 heavy (non-hydrogen) atoms. The second kappa shape index (κ2) is 7.07. The monoisotopic (exact) mass is 308 g/mol. The standard InChI is InChI=1S/C12H15ClF2N2OS/c1-8(11(18)17-7-12(14,15)6-16)19-10-5-3-2-4-9(10)13/h2-5,8H,6-7,16H2,1H3,(H,17,18). The van der Waals surface area contributed by atoms with Gasteiger partial charge in [0.15, 0.2) is 0 Å². The summed E-state index contributed by atoms with van der Waals surface area (Å²) in [6.45, 7) is 0.0823. The number of carbonyl (C=O) groups excluding carboxylic acids is 1. The normalized spacial score (nSPS) is 13.1. The van der Waals surface area contributed by atoms with Gasteiger partial charge in [0, 0.05) is 4.90 Å². The fourth-order valence-electron chi connectivity index (χ4n) is 1.22. The molecule has 0 heterocycles. The predicted molar refractivity (Wildman–Crippen MR) is 73.8 cm³/mol. The van der Waals surface area contributed by atoms with Gasteiger partial charge in [0.25, 0.3) is 5.92 Å². The number of nitrogens with two attached hydrogens (primary N) is 1. The largest absolute Gasteiger partial charge is 0.349 e. The van der Waals surface area contributed by atoms with E-state index in [2.05, 4.69) is 5.32 Å². The highest BCUT2D eigenvalue weighted by molar-refractivity contribution is 8.00. The number of amides is 1. The molecule has 3 nitrogen and oxygen atoms in total. The van der Waals surface area contributed by atoms with Gasteiger partial charge < -0.3 is 11.1 Å². The van der Waals surface area contributed by atoms with Crippen LogP contribution in [0.4, 0.5) is 8.78 Å². The van der Waals surface area contributed by atoms with Gasteiger partial charge in [0.05, 0.1) is 23.4 Å². The van der Waals surface area contributed by atoms with E-state index in [1.165, 1.54) is 11.8 Å². The van der Waals surface area contributed by atoms with E-state index in [1.54, 1.807) is 31.2 Å². The first-order valence-corrected chi connectivity index (χ1v) is 6.88. The lowest BCUT2D eigenvalue weighted by Crippen LogP contribution is -2.43. The van der Waals surface area contributed by atoms with Crippen molar-refractivity contribution in [1.82, 2.24) is 5.32 Å². The van der Waals surface area contributed by atoms with E-state index in [4.69, 9.17) is 17.3 Å². The second-order valence-corrected chi connectivity index (χ2v) is 5.76. The number of rotatable bonds is 6. The molecule has 0 aliphatic rings. The summed E-state index contributed by atoms with van der Waals surface area (Å²) in [5, 5.41) is 2.19. The summed E-state index contributed by atoms with van der Waals surface area (Å²) < 4.78 is 25.8. The van der Waals surface area contributed by atoms with Crippen molar-refractivity contribution in [2.45, 2.75) is 23.0 Å². The number of hydrogen-bond acceptors (Lipinski definition) is 3. The summed E-state index contributed by atoms with van der Waals surface area (Å²) in [5.41, 5.74) is 4.89. The first-order valence-electron chi connectivity index (χ1n) is 5.62. The molecule has 3 N–H and O–H groups in total. The Morgan fingerprint density at radius 3 is 2.74 bits per heavy atom. The molecule has 1 amide bonds. The maximum Gasteiger partial charge on any atom is 0.277 e. The van der Waals surface area contributed by atoms with E-state index in [-0.39, 0.29) is 0 Å². The molecule has 1 aromatic carbocycles. The van der Waals surface area contributed by atoms with Gasteiger partial charge in [-0.2, -0.15) is 0 Å². The molecule has 0 fully saturated rings. The average molecular weight is 309 g/mol. The Balaban J connectivity index is 2.52. The fraction of sp³-hybridized carbons (Fsp3) is 0.417. The number of hydrogen-bond donors (Lipinski definition) is 2. The lowest BCUT2D eigenvalue weighted by atomic mass is 10.3. The van der Waals surface area contributed by atoms with Crippen LogP contribution in [0.5, 0.6) is 0 Å². The SMILES string of the molecule is CC(Sc1ccccc1Cl)C(=O)NCC(F)(F)CN. The molecule has 0 aromatic heterocycles. The molecule has 0 spiro atoms. The Kier molecular flexibility index (Phi) is 6.03. The number of nitrogens with one attached hydrogen (secondary N) is 1. The number of thioether (sulfide) groups is 1. The zero-order valence-electron chi connectivity index (χ0n) is 10.3. The van der Waals surface area contributed by atoms with Crippen LogP contribution in [0.15, 0.2) is 29.2 Å². The van der Waals surface area contributed by atoms with Gasteiger partial charge in [0.2, 0.25) is 5.91 Å². The van der Waals surface area contributed by atoms with Crippen molar-refractivity contribution < 1.29 is 13.6 Å². The average Bonchev–Trinajstić information content (AvgIpc) is 2.38. The molecule has 106 valence electrons. The number of halogens is 3. The summed E-state index contributed by atoms with van der Waals surface area (Å²) in [4.78, 5) is 12.4. The van der Waals surface area contributed by atoms with Crippen LogP contribution in [0.1, 0.15) is 6.92 Å². The maximum atomic E-state index is 12.9. The third-order valence-electron chi connectivity index (χ3n) is 2.33. The lowest BCUT2D eigenvalue weighted by Gasteiger charge is -2.17. The fourth-order valence-corrected chi connectivity index (χ4v) is 2.40. The van der Waals surface area contributed by atoms with Crippen molar-refractivity contribution in [3.05, 3.63) is 29.3 Å². The van der Waals surface area contributed by atoms with Crippen LogP contribution >= 0.6 is 23.4 Å². The zero-order valence-corrected chi connectivity index (χ0v) is 11.9. The minimum Gasteiger partial charge on any atom is -0.349 e. The lowest BCUT2D eigenvalue weighted by molar-refractivity contribution is -0.122. The molecule has 1 aromatic rings. The van der Waals surface area contributed by atoms with Crippen molar-refractivity contribution in [2.24, 2.45) is 5.73 Å². The topological polar surface area (TPSA) is 55.1 Å². The number of carbonyl (C=O) groups is 1. The Bertz CT molecular complexity index is 445. The Hall–Kier alpha value is -0.850. The van der Waals surface area contributed by atoms with Gasteiger partial charge in [-0.25, -0.2) is 8.78 Å². The van der Waals surface area contributed by atoms with Crippen molar-refractivity contribution in [1.29, 1.82) is 0 Å². The molecule has 0 bridgehead atoms. The van der Waals surface area contributed by atoms with Crippen LogP contribution in [0.2, 0.25) is 5.02 Å². The summed E-state index contributed by atoms with van der Waals surface area (Å²) in [7, 11) is 0. The zero-order chi connectivity index (χ0) is 14.5. The van der Waals surface area contributed by atoms with Crippen LogP contribution in [-0.4, -0.2) is 30.2 Å². The third kappa shape index (κ3) is 5.34. The van der Waals surface area contributed by atoms with Gasteiger partial charge in [-0.15, -0.1) is 11.8 Å². The van der Waals surface area contributed by atoms with Gasteiger partial charge >= 0.3 is 0 Å². The van der Waals surface area contributed by atoms with E-state index < -0.39 is 30.2 Å². The molecular formula is C12H15ClF2N2OS.